The number of imidazole rings is 1. The van der Waals surface area contributed by atoms with E-state index in [1.807, 2.05) is 27.7 Å². The van der Waals surface area contributed by atoms with Crippen LogP contribution in [0.4, 0.5) is 13.2 Å². The molecule has 0 aliphatic carbocycles. The van der Waals surface area contributed by atoms with Crippen molar-refractivity contribution < 1.29 is 13.2 Å². The molecule has 0 atom stereocenters. The number of aromatic nitrogens is 2. The van der Waals surface area contributed by atoms with E-state index in [1.165, 1.54) is 10.9 Å². The molecule has 0 spiro atoms. The Balaban J connectivity index is 2.88. The van der Waals surface area contributed by atoms with E-state index in [9.17, 15) is 13.2 Å². The summed E-state index contributed by atoms with van der Waals surface area (Å²) in [6.45, 7) is 7.71. The Hall–Kier alpha value is -1.08. The van der Waals surface area contributed by atoms with E-state index in [0.717, 1.165) is 6.20 Å². The van der Waals surface area contributed by atoms with Gasteiger partial charge in [-0.05, 0) is 27.7 Å². The predicted octanol–water partition coefficient (Wildman–Crippen LogP) is 2.35. The average Bonchev–Trinajstić information content (AvgIpc) is 2.62. The summed E-state index contributed by atoms with van der Waals surface area (Å²) in [5.41, 5.74) is -0.886. The van der Waals surface area contributed by atoms with Gasteiger partial charge in [-0.1, -0.05) is 0 Å². The van der Waals surface area contributed by atoms with Gasteiger partial charge in [0.2, 0.25) is 0 Å². The lowest BCUT2D eigenvalue weighted by Crippen LogP contribution is -2.44. The van der Waals surface area contributed by atoms with Gasteiger partial charge in [0.15, 0.2) is 5.69 Å². The number of hydrogen-bond acceptors (Lipinski definition) is 3. The Morgan fingerprint density at radius 2 is 1.61 bits per heavy atom. The molecule has 0 saturated heterocycles. The lowest BCUT2D eigenvalue weighted by Gasteiger charge is -2.25. The van der Waals surface area contributed by atoms with Crippen LogP contribution in [-0.4, -0.2) is 21.6 Å². The van der Waals surface area contributed by atoms with E-state index < -0.39 is 18.2 Å². The van der Waals surface area contributed by atoms with Gasteiger partial charge in [-0.3, -0.25) is 10.6 Å². The van der Waals surface area contributed by atoms with Gasteiger partial charge in [-0.15, -0.1) is 0 Å². The standard InChI is InChI=1S/C11H19F3N4/c1-7(2)16-10(17-8(3)4)18-5-9(15-6-18)11(12,13)14/h5-8,10,16-17H,1-4H3. The number of halogens is 3. The number of rotatable bonds is 5. The van der Waals surface area contributed by atoms with Crippen molar-refractivity contribution in [1.29, 1.82) is 0 Å². The van der Waals surface area contributed by atoms with E-state index in [-0.39, 0.29) is 12.1 Å². The van der Waals surface area contributed by atoms with Crippen LogP contribution in [0.2, 0.25) is 0 Å². The first-order valence-corrected chi connectivity index (χ1v) is 5.83. The maximum absolute atomic E-state index is 12.5. The summed E-state index contributed by atoms with van der Waals surface area (Å²) in [6, 6.07) is 0.274. The molecule has 4 nitrogen and oxygen atoms in total. The lowest BCUT2D eigenvalue weighted by molar-refractivity contribution is -0.141. The van der Waals surface area contributed by atoms with E-state index >= 15 is 0 Å². The zero-order valence-corrected chi connectivity index (χ0v) is 10.9. The van der Waals surface area contributed by atoms with Crippen molar-refractivity contribution in [2.45, 2.75) is 52.2 Å². The highest BCUT2D eigenvalue weighted by Gasteiger charge is 2.34. The molecule has 0 aromatic carbocycles. The van der Waals surface area contributed by atoms with Gasteiger partial charge < -0.3 is 4.57 Å². The molecule has 0 aliphatic heterocycles. The number of alkyl halides is 3. The molecule has 0 bridgehead atoms. The van der Waals surface area contributed by atoms with E-state index in [4.69, 9.17) is 0 Å². The highest BCUT2D eigenvalue weighted by atomic mass is 19.4. The lowest BCUT2D eigenvalue weighted by atomic mass is 10.3. The minimum atomic E-state index is -4.41. The summed E-state index contributed by atoms with van der Waals surface area (Å²) in [6.07, 6.45) is -2.65. The second-order valence-electron chi connectivity index (χ2n) is 4.75. The summed E-state index contributed by atoms with van der Waals surface area (Å²) in [4.78, 5) is 3.38. The minimum Gasteiger partial charge on any atom is -0.308 e. The normalized spacial score (nSPS) is 13.0. The first-order valence-electron chi connectivity index (χ1n) is 5.83. The largest absolute Gasteiger partial charge is 0.434 e. The Morgan fingerprint density at radius 3 is 1.94 bits per heavy atom. The second-order valence-corrected chi connectivity index (χ2v) is 4.75. The van der Waals surface area contributed by atoms with Crippen LogP contribution in [0.3, 0.4) is 0 Å². The average molecular weight is 264 g/mol. The summed E-state index contributed by atoms with van der Waals surface area (Å²) >= 11 is 0. The molecular formula is C11H19F3N4. The summed E-state index contributed by atoms with van der Waals surface area (Å²) in [5, 5.41) is 6.27. The third-order valence-electron chi connectivity index (χ3n) is 2.17. The molecule has 1 aromatic rings. The van der Waals surface area contributed by atoms with Gasteiger partial charge in [-0.2, -0.15) is 13.2 Å². The maximum Gasteiger partial charge on any atom is 0.434 e. The monoisotopic (exact) mass is 264 g/mol. The van der Waals surface area contributed by atoms with Crippen LogP contribution in [0.15, 0.2) is 12.5 Å². The van der Waals surface area contributed by atoms with Crippen LogP contribution >= 0.6 is 0 Å². The first-order chi connectivity index (χ1) is 8.20. The molecule has 0 amide bonds. The zero-order valence-electron chi connectivity index (χ0n) is 10.9. The van der Waals surface area contributed by atoms with Crippen molar-refractivity contribution in [2.24, 2.45) is 0 Å². The Labute approximate surface area is 105 Å². The molecule has 7 heteroatoms. The topological polar surface area (TPSA) is 41.9 Å². The highest BCUT2D eigenvalue weighted by molar-refractivity contribution is 5.02. The Morgan fingerprint density at radius 1 is 1.11 bits per heavy atom. The van der Waals surface area contributed by atoms with Crippen LogP contribution in [0.1, 0.15) is 39.7 Å². The Bertz CT molecular complexity index is 361. The predicted molar refractivity (Wildman–Crippen MR) is 62.8 cm³/mol. The quantitative estimate of drug-likeness (QED) is 0.802. The van der Waals surface area contributed by atoms with Crippen LogP contribution in [0.5, 0.6) is 0 Å². The van der Waals surface area contributed by atoms with Crippen LogP contribution in [0, 0.1) is 0 Å². The fourth-order valence-corrected chi connectivity index (χ4v) is 1.48. The summed E-state index contributed by atoms with van der Waals surface area (Å²) in [5.74, 6) is 0. The fraction of sp³-hybridized carbons (Fsp3) is 0.727. The van der Waals surface area contributed by atoms with Crippen LogP contribution in [0.25, 0.3) is 0 Å². The number of nitrogens with one attached hydrogen (secondary N) is 2. The van der Waals surface area contributed by atoms with Gasteiger partial charge >= 0.3 is 6.18 Å². The molecule has 18 heavy (non-hydrogen) atoms. The molecule has 0 aliphatic rings. The Kier molecular flexibility index (Phi) is 4.75. The molecule has 0 radical (unpaired) electrons. The van der Waals surface area contributed by atoms with Crippen molar-refractivity contribution in [2.75, 3.05) is 0 Å². The molecule has 0 saturated carbocycles. The van der Waals surface area contributed by atoms with Crippen molar-refractivity contribution in [3.05, 3.63) is 18.2 Å². The maximum atomic E-state index is 12.5. The van der Waals surface area contributed by atoms with Crippen LogP contribution in [-0.2, 0) is 6.18 Å². The fourth-order valence-electron chi connectivity index (χ4n) is 1.48. The molecule has 1 rings (SSSR count). The van der Waals surface area contributed by atoms with E-state index in [1.54, 1.807) is 0 Å². The first kappa shape index (κ1) is 15.0. The van der Waals surface area contributed by atoms with Crippen molar-refractivity contribution in [1.82, 2.24) is 20.2 Å². The second kappa shape index (κ2) is 5.71. The highest BCUT2D eigenvalue weighted by Crippen LogP contribution is 2.27. The summed E-state index contributed by atoms with van der Waals surface area (Å²) in [7, 11) is 0. The number of nitrogens with zero attached hydrogens (tertiary/aromatic N) is 2. The van der Waals surface area contributed by atoms with Gasteiger partial charge in [-0.25, -0.2) is 4.98 Å². The minimum absolute atomic E-state index is 0.137. The zero-order chi connectivity index (χ0) is 13.9. The van der Waals surface area contributed by atoms with Gasteiger partial charge in [0.25, 0.3) is 0 Å². The summed E-state index contributed by atoms with van der Waals surface area (Å²) < 4.78 is 38.8. The molecule has 1 heterocycles. The SMILES string of the molecule is CC(C)NC(NC(C)C)n1cnc(C(F)(F)F)c1. The third-order valence-corrected chi connectivity index (χ3v) is 2.17. The molecule has 0 fully saturated rings. The molecule has 104 valence electrons. The van der Waals surface area contributed by atoms with Crippen molar-refractivity contribution in [3.8, 4) is 0 Å². The van der Waals surface area contributed by atoms with Gasteiger partial charge in [0, 0.05) is 18.3 Å². The third kappa shape index (κ3) is 4.30. The molecule has 0 unspecified atom stereocenters. The van der Waals surface area contributed by atoms with E-state index in [0.29, 0.717) is 0 Å². The van der Waals surface area contributed by atoms with E-state index in [2.05, 4.69) is 15.6 Å². The molecule has 1 aromatic heterocycles. The van der Waals surface area contributed by atoms with Gasteiger partial charge in [0.05, 0.1) is 6.33 Å². The molecular weight excluding hydrogens is 245 g/mol. The number of hydrogen-bond donors (Lipinski definition) is 2. The van der Waals surface area contributed by atoms with Crippen molar-refractivity contribution >= 4 is 0 Å². The molecule has 2 N–H and O–H groups in total. The van der Waals surface area contributed by atoms with Gasteiger partial charge in [0.1, 0.15) is 6.29 Å². The van der Waals surface area contributed by atoms with Crippen LogP contribution < -0.4 is 10.6 Å². The smallest absolute Gasteiger partial charge is 0.308 e. The van der Waals surface area contributed by atoms with Crippen molar-refractivity contribution in [3.63, 3.8) is 0 Å².